The molecule has 1 aromatic heterocycles. The van der Waals surface area contributed by atoms with Gasteiger partial charge in [-0.1, -0.05) is 11.6 Å². The Labute approximate surface area is 118 Å². The summed E-state index contributed by atoms with van der Waals surface area (Å²) in [6, 6.07) is 3.48. The molecular formula is C12H11ClN2O3S. The number of aromatic nitrogens is 1. The number of rotatable bonds is 4. The van der Waals surface area contributed by atoms with Gasteiger partial charge in [0.2, 0.25) is 0 Å². The van der Waals surface area contributed by atoms with Gasteiger partial charge in [-0.05, 0) is 18.6 Å². The molecule has 0 aliphatic carbocycles. The molecule has 0 fully saturated rings. The molecule has 2 N–H and O–H groups in total. The highest BCUT2D eigenvalue weighted by atomic mass is 35.5. The van der Waals surface area contributed by atoms with E-state index in [4.69, 9.17) is 21.4 Å². The van der Waals surface area contributed by atoms with Gasteiger partial charge in [-0.3, -0.25) is 0 Å². The quantitative estimate of drug-likeness (QED) is 0.903. The van der Waals surface area contributed by atoms with Crippen molar-refractivity contribution in [1.82, 2.24) is 4.98 Å². The van der Waals surface area contributed by atoms with Crippen LogP contribution in [0.1, 0.15) is 16.1 Å². The van der Waals surface area contributed by atoms with Crippen molar-refractivity contribution in [2.24, 2.45) is 0 Å². The van der Waals surface area contributed by atoms with Crippen LogP contribution < -0.4 is 10.1 Å². The van der Waals surface area contributed by atoms with Crippen LogP contribution in [0, 0.1) is 6.92 Å². The van der Waals surface area contributed by atoms with Crippen molar-refractivity contribution in [3.8, 4) is 5.75 Å². The van der Waals surface area contributed by atoms with Crippen LogP contribution in [0.2, 0.25) is 5.02 Å². The highest BCUT2D eigenvalue weighted by Gasteiger charge is 2.15. The molecule has 0 radical (unpaired) electrons. The molecule has 0 unspecified atom stereocenters. The van der Waals surface area contributed by atoms with E-state index in [1.165, 1.54) is 24.0 Å². The number of carboxylic acids is 1. The molecular weight excluding hydrogens is 288 g/mol. The molecule has 1 heterocycles. The molecule has 0 saturated heterocycles. The first-order chi connectivity index (χ1) is 9.02. The van der Waals surface area contributed by atoms with Crippen LogP contribution in [0.15, 0.2) is 17.6 Å². The van der Waals surface area contributed by atoms with Crippen LogP contribution in [0.25, 0.3) is 0 Å². The van der Waals surface area contributed by atoms with Crippen molar-refractivity contribution in [2.45, 2.75) is 6.92 Å². The zero-order valence-electron chi connectivity index (χ0n) is 10.2. The van der Waals surface area contributed by atoms with Gasteiger partial charge in [0.1, 0.15) is 10.8 Å². The molecule has 19 heavy (non-hydrogen) atoms. The second-order valence-corrected chi connectivity index (χ2v) is 5.02. The summed E-state index contributed by atoms with van der Waals surface area (Å²) < 4.78 is 5.22. The minimum Gasteiger partial charge on any atom is -0.495 e. The zero-order valence-corrected chi connectivity index (χ0v) is 11.8. The topological polar surface area (TPSA) is 71.5 Å². The molecule has 0 spiro atoms. The Balaban J connectivity index is 2.40. The van der Waals surface area contributed by atoms with Gasteiger partial charge in [0.05, 0.1) is 18.3 Å². The number of anilines is 2. The number of carboxylic acid groups (broad SMARTS) is 1. The fourth-order valence-corrected chi connectivity index (χ4v) is 2.38. The van der Waals surface area contributed by atoms with Crippen LogP contribution in [-0.4, -0.2) is 23.2 Å². The van der Waals surface area contributed by atoms with Gasteiger partial charge in [-0.15, -0.1) is 11.3 Å². The van der Waals surface area contributed by atoms with E-state index < -0.39 is 5.97 Å². The maximum Gasteiger partial charge on any atom is 0.357 e. The summed E-state index contributed by atoms with van der Waals surface area (Å²) in [5.41, 5.74) is 2.98. The number of nitrogens with one attached hydrogen (secondary N) is 1. The van der Waals surface area contributed by atoms with E-state index in [9.17, 15) is 4.79 Å². The molecule has 0 saturated carbocycles. The maximum absolute atomic E-state index is 11.0. The van der Waals surface area contributed by atoms with Crippen LogP contribution in [0.4, 0.5) is 10.7 Å². The van der Waals surface area contributed by atoms with E-state index in [-0.39, 0.29) is 5.69 Å². The second kappa shape index (κ2) is 5.46. The van der Waals surface area contributed by atoms with Gasteiger partial charge in [0, 0.05) is 11.1 Å². The Hall–Kier alpha value is -1.79. The summed E-state index contributed by atoms with van der Waals surface area (Å²) in [7, 11) is 1.52. The van der Waals surface area contributed by atoms with Crippen molar-refractivity contribution in [3.63, 3.8) is 0 Å². The SMILES string of the molecule is COc1cc(Cl)c(C)cc1Nc1scnc1C(=O)O. The summed E-state index contributed by atoms with van der Waals surface area (Å²) in [6.45, 7) is 1.86. The number of nitrogens with zero attached hydrogens (tertiary/aromatic N) is 1. The van der Waals surface area contributed by atoms with Crippen molar-refractivity contribution < 1.29 is 14.6 Å². The molecule has 0 atom stereocenters. The Morgan fingerprint density at radius 3 is 2.89 bits per heavy atom. The number of hydrogen-bond acceptors (Lipinski definition) is 5. The molecule has 0 aliphatic rings. The number of hydrogen-bond donors (Lipinski definition) is 2. The maximum atomic E-state index is 11.0. The number of aryl methyl sites for hydroxylation is 1. The number of benzene rings is 1. The van der Waals surface area contributed by atoms with E-state index in [1.807, 2.05) is 6.92 Å². The number of thiazole rings is 1. The molecule has 5 nitrogen and oxygen atoms in total. The predicted octanol–water partition coefficient (Wildman–Crippen LogP) is 3.56. The van der Waals surface area contributed by atoms with Gasteiger partial charge in [-0.25, -0.2) is 9.78 Å². The van der Waals surface area contributed by atoms with Crippen LogP contribution in [0.3, 0.4) is 0 Å². The Morgan fingerprint density at radius 2 is 2.26 bits per heavy atom. The van der Waals surface area contributed by atoms with Gasteiger partial charge >= 0.3 is 5.97 Å². The molecule has 0 bridgehead atoms. The molecule has 2 aromatic rings. The minimum atomic E-state index is -1.08. The van der Waals surface area contributed by atoms with Gasteiger partial charge in [0.15, 0.2) is 5.69 Å². The summed E-state index contributed by atoms with van der Waals surface area (Å²) in [5.74, 6) is -0.534. The Morgan fingerprint density at radius 1 is 1.53 bits per heavy atom. The third-order valence-electron chi connectivity index (χ3n) is 2.50. The summed E-state index contributed by atoms with van der Waals surface area (Å²) >= 11 is 7.23. The van der Waals surface area contributed by atoms with E-state index in [0.29, 0.717) is 21.5 Å². The summed E-state index contributed by atoms with van der Waals surface area (Å²) in [4.78, 5) is 14.8. The number of aromatic carboxylic acids is 1. The first kappa shape index (κ1) is 13.6. The third kappa shape index (κ3) is 2.80. The van der Waals surface area contributed by atoms with Crippen molar-refractivity contribution in [3.05, 3.63) is 33.9 Å². The number of carbonyl (C=O) groups is 1. The van der Waals surface area contributed by atoms with Crippen LogP contribution in [-0.2, 0) is 0 Å². The molecule has 0 aliphatic heterocycles. The molecule has 1 aromatic carbocycles. The molecule has 0 amide bonds. The second-order valence-electron chi connectivity index (χ2n) is 3.76. The molecule has 2 rings (SSSR count). The van der Waals surface area contributed by atoms with E-state index >= 15 is 0 Å². The lowest BCUT2D eigenvalue weighted by Crippen LogP contribution is -2.02. The highest BCUT2D eigenvalue weighted by molar-refractivity contribution is 7.14. The zero-order chi connectivity index (χ0) is 14.0. The monoisotopic (exact) mass is 298 g/mol. The smallest absolute Gasteiger partial charge is 0.357 e. The highest BCUT2D eigenvalue weighted by Crippen LogP contribution is 2.35. The number of methoxy groups -OCH3 is 1. The minimum absolute atomic E-state index is 0.0142. The first-order valence-electron chi connectivity index (χ1n) is 5.31. The lowest BCUT2D eigenvalue weighted by molar-refractivity contribution is 0.0692. The lowest BCUT2D eigenvalue weighted by Gasteiger charge is -2.12. The van der Waals surface area contributed by atoms with E-state index in [0.717, 1.165) is 5.56 Å². The third-order valence-corrected chi connectivity index (χ3v) is 3.65. The molecule has 100 valence electrons. The summed E-state index contributed by atoms with van der Waals surface area (Å²) in [5, 5.41) is 13.1. The fraction of sp³-hybridized carbons (Fsp3) is 0.167. The fourth-order valence-electron chi connectivity index (χ4n) is 1.54. The average Bonchev–Trinajstić information content (AvgIpc) is 2.81. The lowest BCUT2D eigenvalue weighted by atomic mass is 10.2. The van der Waals surface area contributed by atoms with E-state index in [1.54, 1.807) is 12.1 Å². The van der Waals surface area contributed by atoms with E-state index in [2.05, 4.69) is 10.3 Å². The number of ether oxygens (including phenoxy) is 1. The van der Waals surface area contributed by atoms with Gasteiger partial charge < -0.3 is 15.2 Å². The standard InChI is InChI=1S/C12H11ClN2O3S/c1-6-3-8(9(18-2)4-7(6)13)15-11-10(12(16)17)14-5-19-11/h3-5,15H,1-2H3,(H,16,17). The van der Waals surface area contributed by atoms with Gasteiger partial charge in [0.25, 0.3) is 0 Å². The Bertz CT molecular complexity index is 627. The van der Waals surface area contributed by atoms with Crippen molar-refractivity contribution in [2.75, 3.05) is 12.4 Å². The van der Waals surface area contributed by atoms with Crippen molar-refractivity contribution in [1.29, 1.82) is 0 Å². The number of halogens is 1. The van der Waals surface area contributed by atoms with Gasteiger partial charge in [-0.2, -0.15) is 0 Å². The first-order valence-corrected chi connectivity index (χ1v) is 6.56. The normalized spacial score (nSPS) is 10.3. The van der Waals surface area contributed by atoms with Crippen LogP contribution >= 0.6 is 22.9 Å². The summed E-state index contributed by atoms with van der Waals surface area (Å²) in [6.07, 6.45) is 0. The molecule has 7 heteroatoms. The Kier molecular flexibility index (Phi) is 3.92. The average molecular weight is 299 g/mol. The van der Waals surface area contributed by atoms with Crippen molar-refractivity contribution >= 4 is 39.6 Å². The predicted molar refractivity (Wildman–Crippen MR) is 75.1 cm³/mol. The van der Waals surface area contributed by atoms with Crippen LogP contribution in [0.5, 0.6) is 5.75 Å². The largest absolute Gasteiger partial charge is 0.495 e.